The number of thioether (sulfide) groups is 1. The standard InChI is InChI=1S/C23H24N4O3S/c1-3-29-14-6-13-27-22(28)18-7-4-5-8-19(18)24-23(27)31-15-20-25-21(30-26-20)17-11-9-16(2)10-12-17/h4-5,7-12H,3,6,13-15H2,1-2H3. The van der Waals surface area contributed by atoms with Crippen molar-refractivity contribution >= 4 is 22.7 Å². The molecule has 0 aliphatic carbocycles. The maximum atomic E-state index is 13.1. The number of rotatable bonds is 9. The van der Waals surface area contributed by atoms with Crippen LogP contribution in [0.1, 0.15) is 24.7 Å². The molecule has 4 rings (SSSR count). The second-order valence-electron chi connectivity index (χ2n) is 7.09. The summed E-state index contributed by atoms with van der Waals surface area (Å²) in [6, 6.07) is 15.3. The highest BCUT2D eigenvalue weighted by Crippen LogP contribution is 2.23. The molecule has 7 nitrogen and oxygen atoms in total. The summed E-state index contributed by atoms with van der Waals surface area (Å²) in [6.07, 6.45) is 0.737. The lowest BCUT2D eigenvalue weighted by Crippen LogP contribution is -2.24. The minimum absolute atomic E-state index is 0.0435. The van der Waals surface area contributed by atoms with Crippen LogP contribution in [-0.2, 0) is 17.0 Å². The highest BCUT2D eigenvalue weighted by molar-refractivity contribution is 7.98. The molecule has 2 aromatic carbocycles. The zero-order valence-corrected chi connectivity index (χ0v) is 18.4. The van der Waals surface area contributed by atoms with Gasteiger partial charge < -0.3 is 9.26 Å². The Balaban J connectivity index is 1.55. The Hall–Kier alpha value is -2.97. The van der Waals surface area contributed by atoms with Crippen LogP contribution in [0.15, 0.2) is 63.0 Å². The Labute approximate surface area is 184 Å². The molecule has 2 heterocycles. The van der Waals surface area contributed by atoms with Gasteiger partial charge in [0.25, 0.3) is 11.4 Å². The zero-order valence-electron chi connectivity index (χ0n) is 17.6. The predicted molar refractivity (Wildman–Crippen MR) is 121 cm³/mol. The van der Waals surface area contributed by atoms with Gasteiger partial charge in [0, 0.05) is 25.3 Å². The molecule has 4 aromatic rings. The third kappa shape index (κ3) is 5.03. The van der Waals surface area contributed by atoms with Gasteiger partial charge in [0.1, 0.15) is 0 Å². The van der Waals surface area contributed by atoms with Crippen LogP contribution in [0.3, 0.4) is 0 Å². The monoisotopic (exact) mass is 436 g/mol. The average Bonchev–Trinajstić information content (AvgIpc) is 3.26. The summed E-state index contributed by atoms with van der Waals surface area (Å²) in [4.78, 5) is 22.3. The lowest BCUT2D eigenvalue weighted by molar-refractivity contribution is 0.140. The number of benzene rings is 2. The summed E-state index contributed by atoms with van der Waals surface area (Å²) >= 11 is 1.43. The van der Waals surface area contributed by atoms with Crippen LogP contribution >= 0.6 is 11.8 Å². The van der Waals surface area contributed by atoms with Gasteiger partial charge in [-0.05, 0) is 44.5 Å². The fourth-order valence-corrected chi connectivity index (χ4v) is 4.05. The smallest absolute Gasteiger partial charge is 0.262 e. The van der Waals surface area contributed by atoms with Crippen LogP contribution in [0, 0.1) is 6.92 Å². The fourth-order valence-electron chi connectivity index (χ4n) is 3.18. The Bertz CT molecular complexity index is 1220. The molecular formula is C23H24N4O3S. The Morgan fingerprint density at radius 2 is 1.90 bits per heavy atom. The lowest BCUT2D eigenvalue weighted by Gasteiger charge is -2.12. The molecule has 0 N–H and O–H groups in total. The van der Waals surface area contributed by atoms with Crippen molar-refractivity contribution in [2.45, 2.75) is 37.7 Å². The van der Waals surface area contributed by atoms with Gasteiger partial charge in [-0.3, -0.25) is 9.36 Å². The Morgan fingerprint density at radius 3 is 2.71 bits per heavy atom. The van der Waals surface area contributed by atoms with Gasteiger partial charge in [-0.1, -0.05) is 46.7 Å². The summed E-state index contributed by atoms with van der Waals surface area (Å²) in [6.45, 7) is 5.79. The quantitative estimate of drug-likeness (QED) is 0.217. The number of ether oxygens (including phenoxy) is 1. The molecule has 0 aliphatic heterocycles. The maximum Gasteiger partial charge on any atom is 0.262 e. The van der Waals surface area contributed by atoms with Gasteiger partial charge >= 0.3 is 0 Å². The van der Waals surface area contributed by atoms with Gasteiger partial charge in [-0.25, -0.2) is 4.98 Å². The van der Waals surface area contributed by atoms with Crippen molar-refractivity contribution in [3.05, 3.63) is 70.3 Å². The van der Waals surface area contributed by atoms with Gasteiger partial charge in [0.2, 0.25) is 0 Å². The minimum atomic E-state index is -0.0435. The van der Waals surface area contributed by atoms with Crippen LogP contribution in [0.2, 0.25) is 0 Å². The maximum absolute atomic E-state index is 13.1. The molecule has 0 fully saturated rings. The van der Waals surface area contributed by atoms with Crippen molar-refractivity contribution in [1.82, 2.24) is 19.7 Å². The molecule has 0 aliphatic rings. The van der Waals surface area contributed by atoms with E-state index in [2.05, 4.69) is 10.1 Å². The van der Waals surface area contributed by atoms with Gasteiger partial charge in [-0.15, -0.1) is 0 Å². The second-order valence-corrected chi connectivity index (χ2v) is 8.03. The van der Waals surface area contributed by atoms with Crippen molar-refractivity contribution in [2.75, 3.05) is 13.2 Å². The van der Waals surface area contributed by atoms with E-state index < -0.39 is 0 Å². The first-order chi connectivity index (χ1) is 15.2. The van der Waals surface area contributed by atoms with Gasteiger partial charge in [0.15, 0.2) is 11.0 Å². The second kappa shape index (κ2) is 9.89. The lowest BCUT2D eigenvalue weighted by atomic mass is 10.1. The van der Waals surface area contributed by atoms with Crippen LogP contribution in [-0.4, -0.2) is 32.9 Å². The number of hydrogen-bond donors (Lipinski definition) is 0. The van der Waals surface area contributed by atoms with E-state index in [0.717, 1.165) is 12.0 Å². The van der Waals surface area contributed by atoms with E-state index in [4.69, 9.17) is 14.2 Å². The van der Waals surface area contributed by atoms with Crippen molar-refractivity contribution < 1.29 is 9.26 Å². The molecule has 160 valence electrons. The molecule has 0 amide bonds. The summed E-state index contributed by atoms with van der Waals surface area (Å²) in [5.41, 5.74) is 2.69. The largest absolute Gasteiger partial charge is 0.382 e. The summed E-state index contributed by atoms with van der Waals surface area (Å²) in [7, 11) is 0. The van der Waals surface area contributed by atoms with E-state index in [1.165, 1.54) is 17.3 Å². The van der Waals surface area contributed by atoms with E-state index in [1.54, 1.807) is 4.57 Å². The van der Waals surface area contributed by atoms with E-state index in [0.29, 0.717) is 53.3 Å². The molecule has 0 saturated heterocycles. The van der Waals surface area contributed by atoms with Crippen molar-refractivity contribution in [2.24, 2.45) is 0 Å². The number of aromatic nitrogens is 4. The average molecular weight is 437 g/mol. The van der Waals surface area contributed by atoms with Crippen LogP contribution in [0.25, 0.3) is 22.4 Å². The van der Waals surface area contributed by atoms with E-state index in [-0.39, 0.29) is 5.56 Å². The van der Waals surface area contributed by atoms with E-state index in [9.17, 15) is 4.79 Å². The van der Waals surface area contributed by atoms with Crippen molar-refractivity contribution in [3.8, 4) is 11.5 Å². The molecule has 0 unspecified atom stereocenters. The summed E-state index contributed by atoms with van der Waals surface area (Å²) < 4.78 is 12.6. The van der Waals surface area contributed by atoms with Crippen LogP contribution in [0.5, 0.6) is 0 Å². The molecule has 31 heavy (non-hydrogen) atoms. The minimum Gasteiger partial charge on any atom is -0.382 e. The highest BCUT2D eigenvalue weighted by atomic mass is 32.2. The highest BCUT2D eigenvalue weighted by Gasteiger charge is 2.14. The van der Waals surface area contributed by atoms with Gasteiger partial charge in [-0.2, -0.15) is 4.98 Å². The van der Waals surface area contributed by atoms with Crippen LogP contribution < -0.4 is 5.56 Å². The molecule has 0 radical (unpaired) electrons. The molecule has 2 aromatic heterocycles. The summed E-state index contributed by atoms with van der Waals surface area (Å²) in [5, 5.41) is 5.34. The number of para-hydroxylation sites is 1. The first-order valence-corrected chi connectivity index (χ1v) is 11.2. The predicted octanol–water partition coefficient (Wildman–Crippen LogP) is 4.47. The number of aryl methyl sites for hydroxylation is 1. The zero-order chi connectivity index (χ0) is 21.6. The van der Waals surface area contributed by atoms with Crippen LogP contribution in [0.4, 0.5) is 0 Å². The fraction of sp³-hybridized carbons (Fsp3) is 0.304. The molecule has 0 bridgehead atoms. The van der Waals surface area contributed by atoms with Crippen molar-refractivity contribution in [1.29, 1.82) is 0 Å². The molecular weight excluding hydrogens is 412 g/mol. The molecule has 0 atom stereocenters. The Kier molecular flexibility index (Phi) is 6.79. The number of hydrogen-bond acceptors (Lipinski definition) is 7. The third-order valence-electron chi connectivity index (χ3n) is 4.80. The molecule has 0 spiro atoms. The SMILES string of the molecule is CCOCCCn1c(SCc2noc(-c3ccc(C)cc3)n2)nc2ccccc2c1=O. The molecule has 0 saturated carbocycles. The number of nitrogens with zero attached hydrogens (tertiary/aromatic N) is 4. The van der Waals surface area contributed by atoms with Crippen molar-refractivity contribution in [3.63, 3.8) is 0 Å². The number of fused-ring (bicyclic) bond motifs is 1. The van der Waals surface area contributed by atoms with E-state index >= 15 is 0 Å². The first kappa shape index (κ1) is 21.3. The topological polar surface area (TPSA) is 83.0 Å². The first-order valence-electron chi connectivity index (χ1n) is 10.3. The molecule has 8 heteroatoms. The third-order valence-corrected chi connectivity index (χ3v) is 5.77. The summed E-state index contributed by atoms with van der Waals surface area (Å²) in [5.74, 6) is 1.49. The Morgan fingerprint density at radius 1 is 1.10 bits per heavy atom. The normalized spacial score (nSPS) is 11.3. The van der Waals surface area contributed by atoms with E-state index in [1.807, 2.05) is 62.4 Å². The van der Waals surface area contributed by atoms with Gasteiger partial charge in [0.05, 0.1) is 16.7 Å².